The third kappa shape index (κ3) is 3.76. The molecule has 0 saturated carbocycles. The van der Waals surface area contributed by atoms with Crippen molar-refractivity contribution in [1.82, 2.24) is 15.5 Å². The molecule has 4 heteroatoms. The average molecular weight is 227 g/mol. The van der Waals surface area contributed by atoms with Gasteiger partial charge in [0.2, 0.25) is 5.91 Å². The summed E-state index contributed by atoms with van der Waals surface area (Å²) in [5.41, 5.74) is 0. The zero-order valence-corrected chi connectivity index (χ0v) is 10.9. The first-order valence-corrected chi connectivity index (χ1v) is 6.26. The van der Waals surface area contributed by atoms with E-state index in [-0.39, 0.29) is 18.0 Å². The van der Waals surface area contributed by atoms with E-state index in [2.05, 4.69) is 15.5 Å². The SMILES string of the molecule is CNC1CCN(C(C)C(=O)NC(C)C)CC1. The van der Waals surface area contributed by atoms with Crippen LogP contribution < -0.4 is 10.6 Å². The summed E-state index contributed by atoms with van der Waals surface area (Å²) in [5.74, 6) is 0.151. The van der Waals surface area contributed by atoms with Crippen LogP contribution >= 0.6 is 0 Å². The van der Waals surface area contributed by atoms with Crippen LogP contribution in [-0.2, 0) is 4.79 Å². The van der Waals surface area contributed by atoms with Crippen LogP contribution in [0.25, 0.3) is 0 Å². The highest BCUT2D eigenvalue weighted by atomic mass is 16.2. The molecule has 1 aliphatic rings. The molecule has 4 nitrogen and oxygen atoms in total. The third-order valence-corrected chi connectivity index (χ3v) is 3.30. The fourth-order valence-corrected chi connectivity index (χ4v) is 2.15. The number of carbonyl (C=O) groups excluding carboxylic acids is 1. The van der Waals surface area contributed by atoms with Gasteiger partial charge >= 0.3 is 0 Å². The summed E-state index contributed by atoms with van der Waals surface area (Å²) >= 11 is 0. The lowest BCUT2D eigenvalue weighted by Crippen LogP contribution is -2.51. The van der Waals surface area contributed by atoms with Crippen molar-refractivity contribution in [3.05, 3.63) is 0 Å². The molecule has 0 aromatic heterocycles. The number of amides is 1. The van der Waals surface area contributed by atoms with Crippen LogP contribution in [0.15, 0.2) is 0 Å². The maximum absolute atomic E-state index is 11.8. The van der Waals surface area contributed by atoms with Crippen molar-refractivity contribution in [2.24, 2.45) is 0 Å². The highest BCUT2D eigenvalue weighted by Gasteiger charge is 2.25. The lowest BCUT2D eigenvalue weighted by molar-refractivity contribution is -0.126. The largest absolute Gasteiger partial charge is 0.353 e. The molecule has 0 spiro atoms. The van der Waals surface area contributed by atoms with E-state index in [1.165, 1.54) is 0 Å². The predicted octanol–water partition coefficient (Wildman–Crippen LogP) is 0.583. The Labute approximate surface area is 98.8 Å². The van der Waals surface area contributed by atoms with Crippen LogP contribution in [0.3, 0.4) is 0 Å². The van der Waals surface area contributed by atoms with Gasteiger partial charge in [0.15, 0.2) is 0 Å². The van der Waals surface area contributed by atoms with Gasteiger partial charge in [-0.3, -0.25) is 9.69 Å². The standard InChI is InChI=1S/C12H25N3O/c1-9(2)14-12(16)10(3)15-7-5-11(13-4)6-8-15/h9-11,13H,5-8H2,1-4H3,(H,14,16). The first-order valence-electron chi connectivity index (χ1n) is 6.26. The highest BCUT2D eigenvalue weighted by molar-refractivity contribution is 5.81. The lowest BCUT2D eigenvalue weighted by Gasteiger charge is -2.35. The van der Waals surface area contributed by atoms with Gasteiger partial charge in [0.05, 0.1) is 6.04 Å². The van der Waals surface area contributed by atoms with E-state index in [4.69, 9.17) is 0 Å². The molecule has 0 aliphatic carbocycles. The Morgan fingerprint density at radius 1 is 1.25 bits per heavy atom. The molecule has 1 rings (SSSR count). The van der Waals surface area contributed by atoms with Crippen molar-refractivity contribution in [3.8, 4) is 0 Å². The van der Waals surface area contributed by atoms with E-state index in [0.29, 0.717) is 6.04 Å². The maximum Gasteiger partial charge on any atom is 0.237 e. The molecule has 1 fully saturated rings. The minimum atomic E-state index is 0.000191. The molecule has 1 saturated heterocycles. The Bertz CT molecular complexity index is 222. The van der Waals surface area contributed by atoms with E-state index in [0.717, 1.165) is 25.9 Å². The van der Waals surface area contributed by atoms with Gasteiger partial charge in [-0.1, -0.05) is 0 Å². The van der Waals surface area contributed by atoms with Crippen molar-refractivity contribution >= 4 is 5.91 Å². The van der Waals surface area contributed by atoms with Crippen LogP contribution in [0.4, 0.5) is 0 Å². The summed E-state index contributed by atoms with van der Waals surface area (Å²) in [6.45, 7) is 8.02. The van der Waals surface area contributed by atoms with E-state index in [9.17, 15) is 4.79 Å². The first-order chi connectivity index (χ1) is 7.54. The van der Waals surface area contributed by atoms with E-state index < -0.39 is 0 Å². The zero-order valence-electron chi connectivity index (χ0n) is 10.9. The summed E-state index contributed by atoms with van der Waals surface area (Å²) in [6.07, 6.45) is 2.27. The van der Waals surface area contributed by atoms with Gasteiger partial charge in [0.1, 0.15) is 0 Å². The molecule has 94 valence electrons. The van der Waals surface area contributed by atoms with Gasteiger partial charge in [-0.2, -0.15) is 0 Å². The fourth-order valence-electron chi connectivity index (χ4n) is 2.15. The van der Waals surface area contributed by atoms with Gasteiger partial charge < -0.3 is 10.6 Å². The Kier molecular flexibility index (Phi) is 5.22. The Balaban J connectivity index is 2.37. The number of nitrogens with one attached hydrogen (secondary N) is 2. The van der Waals surface area contributed by atoms with E-state index >= 15 is 0 Å². The van der Waals surface area contributed by atoms with Crippen LogP contribution in [0.2, 0.25) is 0 Å². The number of hydrogen-bond donors (Lipinski definition) is 2. The molecule has 1 aliphatic heterocycles. The lowest BCUT2D eigenvalue weighted by atomic mass is 10.0. The van der Waals surface area contributed by atoms with Crippen molar-refractivity contribution in [3.63, 3.8) is 0 Å². The fraction of sp³-hybridized carbons (Fsp3) is 0.917. The summed E-state index contributed by atoms with van der Waals surface area (Å²) in [5, 5.41) is 6.27. The smallest absolute Gasteiger partial charge is 0.237 e. The third-order valence-electron chi connectivity index (χ3n) is 3.30. The molecular weight excluding hydrogens is 202 g/mol. The number of carbonyl (C=O) groups is 1. The summed E-state index contributed by atoms with van der Waals surface area (Å²) < 4.78 is 0. The zero-order chi connectivity index (χ0) is 12.1. The van der Waals surface area contributed by atoms with Crippen LogP contribution in [0, 0.1) is 0 Å². The second-order valence-electron chi connectivity index (χ2n) is 4.94. The van der Waals surface area contributed by atoms with E-state index in [1.54, 1.807) is 0 Å². The monoisotopic (exact) mass is 227 g/mol. The first kappa shape index (κ1) is 13.5. The molecular formula is C12H25N3O. The molecule has 0 aromatic rings. The Morgan fingerprint density at radius 2 is 1.81 bits per heavy atom. The minimum absolute atomic E-state index is 0.000191. The Morgan fingerprint density at radius 3 is 2.25 bits per heavy atom. The summed E-state index contributed by atoms with van der Waals surface area (Å²) in [4.78, 5) is 14.1. The number of hydrogen-bond acceptors (Lipinski definition) is 3. The van der Waals surface area contributed by atoms with Crippen molar-refractivity contribution in [2.75, 3.05) is 20.1 Å². The molecule has 1 unspecified atom stereocenters. The minimum Gasteiger partial charge on any atom is -0.353 e. The van der Waals surface area contributed by atoms with Crippen molar-refractivity contribution < 1.29 is 4.79 Å². The van der Waals surface area contributed by atoms with Gasteiger partial charge in [-0.25, -0.2) is 0 Å². The quantitative estimate of drug-likeness (QED) is 0.738. The van der Waals surface area contributed by atoms with Gasteiger partial charge in [0.25, 0.3) is 0 Å². The van der Waals surface area contributed by atoms with Crippen molar-refractivity contribution in [1.29, 1.82) is 0 Å². The molecule has 0 bridgehead atoms. The van der Waals surface area contributed by atoms with E-state index in [1.807, 2.05) is 27.8 Å². The van der Waals surface area contributed by atoms with Gasteiger partial charge in [-0.15, -0.1) is 0 Å². The number of nitrogens with zero attached hydrogens (tertiary/aromatic N) is 1. The molecule has 0 aromatic carbocycles. The molecule has 1 amide bonds. The number of likely N-dealkylation sites (tertiary alicyclic amines) is 1. The summed E-state index contributed by atoms with van der Waals surface area (Å²) in [6, 6.07) is 0.849. The van der Waals surface area contributed by atoms with Crippen molar-refractivity contribution in [2.45, 2.75) is 51.7 Å². The molecule has 1 heterocycles. The highest BCUT2D eigenvalue weighted by Crippen LogP contribution is 2.12. The number of piperidine rings is 1. The van der Waals surface area contributed by atoms with Gasteiger partial charge in [-0.05, 0) is 40.7 Å². The molecule has 16 heavy (non-hydrogen) atoms. The van der Waals surface area contributed by atoms with Crippen LogP contribution in [0.1, 0.15) is 33.6 Å². The number of rotatable bonds is 4. The summed E-state index contributed by atoms with van der Waals surface area (Å²) in [7, 11) is 2.01. The predicted molar refractivity (Wildman–Crippen MR) is 66.4 cm³/mol. The topological polar surface area (TPSA) is 44.4 Å². The Hall–Kier alpha value is -0.610. The van der Waals surface area contributed by atoms with Crippen LogP contribution in [0.5, 0.6) is 0 Å². The molecule has 1 atom stereocenters. The molecule has 2 N–H and O–H groups in total. The van der Waals surface area contributed by atoms with Gasteiger partial charge in [0, 0.05) is 25.2 Å². The maximum atomic E-state index is 11.8. The second kappa shape index (κ2) is 6.21. The average Bonchev–Trinajstić information content (AvgIpc) is 2.27. The normalized spacial score (nSPS) is 21.1. The van der Waals surface area contributed by atoms with Crippen LogP contribution in [-0.4, -0.2) is 49.1 Å². The molecule has 0 radical (unpaired) electrons. The second-order valence-corrected chi connectivity index (χ2v) is 4.94.